The number of nitrogens with zero attached hydrogens (tertiary/aromatic N) is 2. The largest absolute Gasteiger partial charge is 0.396 e. The molecular weight excluding hydrogens is 677 g/mol. The minimum atomic E-state index is -0.585. The first-order chi connectivity index (χ1) is 22.0. The number of carbonyl (C=O) groups excluding carboxylic acids is 2. The molecule has 2 unspecified atom stereocenters. The highest BCUT2D eigenvalue weighted by atomic mass is 127. The van der Waals surface area contributed by atoms with Gasteiger partial charge in [-0.15, -0.1) is 0 Å². The Morgan fingerprint density at radius 1 is 0.889 bits per heavy atom. The average molecular weight is 738 g/mol. The van der Waals surface area contributed by atoms with Gasteiger partial charge in [-0.3, -0.25) is 14.5 Å². The summed E-state index contributed by atoms with van der Waals surface area (Å²) in [5.74, 6) is 1.93. The van der Waals surface area contributed by atoms with Crippen LogP contribution in [-0.4, -0.2) is 85.3 Å². The smallest absolute Gasteiger partial charge is 0.228 e. The number of likely N-dealkylation sites (tertiary alicyclic amines) is 1. The molecule has 2 saturated heterocycles. The van der Waals surface area contributed by atoms with Crippen LogP contribution >= 0.6 is 22.6 Å². The van der Waals surface area contributed by atoms with Gasteiger partial charge in [-0.05, 0) is 133 Å². The van der Waals surface area contributed by atoms with E-state index in [1.54, 1.807) is 0 Å². The number of ether oxygens (including phenoxy) is 1. The van der Waals surface area contributed by atoms with Crippen LogP contribution in [0.5, 0.6) is 0 Å². The number of aliphatic hydroxyl groups excluding tert-OH is 1. The third kappa shape index (κ3) is 7.64. The SMILES string of the molecule is O=C1C2CCCCC2[C@](CC2=C(I)CCCC2)(C(=O)NCCN2CCOCC2)[C@H](C2CCC(CO)CC2)N1CC1CCCCC1. The molecule has 0 radical (unpaired) electrons. The summed E-state index contributed by atoms with van der Waals surface area (Å²) in [5, 5.41) is 13.6. The minimum absolute atomic E-state index is 0.0285. The zero-order valence-electron chi connectivity index (χ0n) is 27.8. The number of fused-ring (bicyclic) bond motifs is 1. The van der Waals surface area contributed by atoms with Gasteiger partial charge in [0.2, 0.25) is 11.8 Å². The van der Waals surface area contributed by atoms with Crippen molar-refractivity contribution < 1.29 is 19.4 Å². The molecule has 0 bridgehead atoms. The van der Waals surface area contributed by atoms with E-state index in [1.807, 2.05) is 0 Å². The van der Waals surface area contributed by atoms with Crippen LogP contribution in [0.15, 0.2) is 9.15 Å². The van der Waals surface area contributed by atoms with E-state index in [4.69, 9.17) is 4.74 Å². The van der Waals surface area contributed by atoms with Gasteiger partial charge in [0.05, 0.1) is 18.6 Å². The van der Waals surface area contributed by atoms with E-state index in [1.165, 1.54) is 54.1 Å². The van der Waals surface area contributed by atoms with E-state index >= 15 is 4.79 Å². The van der Waals surface area contributed by atoms with Crippen molar-refractivity contribution in [1.82, 2.24) is 15.1 Å². The molecule has 7 nitrogen and oxygen atoms in total. The fourth-order valence-electron chi connectivity index (χ4n) is 10.5. The molecule has 2 aliphatic heterocycles. The third-order valence-corrected chi connectivity index (χ3v) is 14.2. The van der Waals surface area contributed by atoms with Gasteiger partial charge >= 0.3 is 0 Å². The maximum atomic E-state index is 15.4. The molecule has 0 aromatic carbocycles. The molecule has 45 heavy (non-hydrogen) atoms. The average Bonchev–Trinajstić information content (AvgIpc) is 3.09. The van der Waals surface area contributed by atoms with Crippen LogP contribution in [0.3, 0.4) is 0 Å². The molecule has 0 aromatic heterocycles. The van der Waals surface area contributed by atoms with Crippen LogP contribution in [0, 0.1) is 35.0 Å². The Morgan fingerprint density at radius 2 is 1.60 bits per heavy atom. The Bertz CT molecular complexity index is 1030. The minimum Gasteiger partial charge on any atom is -0.396 e. The van der Waals surface area contributed by atoms with Gasteiger partial charge in [-0.2, -0.15) is 0 Å². The second-order valence-electron chi connectivity index (χ2n) is 15.5. The molecule has 254 valence electrons. The Kier molecular flexibility index (Phi) is 12.2. The highest BCUT2D eigenvalue weighted by molar-refractivity contribution is 14.1. The lowest BCUT2D eigenvalue weighted by Gasteiger charge is -2.60. The molecule has 2 N–H and O–H groups in total. The Morgan fingerprint density at radius 3 is 2.33 bits per heavy atom. The maximum Gasteiger partial charge on any atom is 0.228 e. The predicted molar refractivity (Wildman–Crippen MR) is 187 cm³/mol. The first kappa shape index (κ1) is 34.2. The normalized spacial score (nSPS) is 35.7. The molecule has 4 aliphatic carbocycles. The van der Waals surface area contributed by atoms with Crippen LogP contribution in [0.2, 0.25) is 0 Å². The van der Waals surface area contributed by atoms with Crippen LogP contribution in [-0.2, 0) is 14.3 Å². The van der Waals surface area contributed by atoms with Crippen LogP contribution in [0.1, 0.15) is 116 Å². The third-order valence-electron chi connectivity index (χ3n) is 12.9. The Hall–Kier alpha value is -0.710. The second-order valence-corrected chi connectivity index (χ2v) is 16.8. The number of halogens is 1. The summed E-state index contributed by atoms with van der Waals surface area (Å²) in [5.41, 5.74) is 0.925. The standard InChI is InChI=1S/C37H60IN3O4/c38-33-13-7-4-10-30(33)24-37(36(44)39-18-19-40-20-22-45-23-21-40)32-12-6-5-11-31(32)35(43)41(25-27-8-2-1-3-9-27)34(37)29-16-14-28(26-42)15-17-29/h27-29,31-32,34,42H,1-26H2,(H,39,44)/t28?,29?,31?,32?,34-,37-/m0/s1. The van der Waals surface area contributed by atoms with Crippen molar-refractivity contribution in [3.8, 4) is 0 Å². The van der Waals surface area contributed by atoms with Gasteiger partial charge in [0.15, 0.2) is 0 Å². The zero-order chi connectivity index (χ0) is 31.2. The molecular formula is C37H60IN3O4. The van der Waals surface area contributed by atoms with Gasteiger partial charge in [0, 0.05) is 51.3 Å². The van der Waals surface area contributed by atoms with E-state index in [9.17, 15) is 9.90 Å². The lowest BCUT2D eigenvalue weighted by atomic mass is 9.51. The number of morpholine rings is 1. The van der Waals surface area contributed by atoms with Crippen LogP contribution in [0.25, 0.3) is 0 Å². The summed E-state index contributed by atoms with van der Waals surface area (Å²) < 4.78 is 7.06. The van der Waals surface area contributed by atoms with Gasteiger partial charge in [-0.1, -0.05) is 37.7 Å². The number of allylic oxidation sites excluding steroid dienone is 2. The summed E-state index contributed by atoms with van der Waals surface area (Å²) in [6, 6.07) is -0.0482. The fraction of sp³-hybridized carbons (Fsp3) is 0.892. The molecule has 3 saturated carbocycles. The van der Waals surface area contributed by atoms with Crippen molar-refractivity contribution in [1.29, 1.82) is 0 Å². The molecule has 6 rings (SSSR count). The molecule has 2 amide bonds. The van der Waals surface area contributed by atoms with Gasteiger partial charge in [-0.25, -0.2) is 0 Å². The highest BCUT2D eigenvalue weighted by Crippen LogP contribution is 2.58. The number of hydrogen-bond donors (Lipinski definition) is 2. The van der Waals surface area contributed by atoms with Gasteiger partial charge < -0.3 is 20.1 Å². The number of carbonyl (C=O) groups is 2. The first-order valence-electron chi connectivity index (χ1n) is 18.9. The predicted octanol–water partition coefficient (Wildman–Crippen LogP) is 6.47. The van der Waals surface area contributed by atoms with Crippen molar-refractivity contribution in [2.45, 2.75) is 122 Å². The first-order valence-corrected chi connectivity index (χ1v) is 19.9. The van der Waals surface area contributed by atoms with Gasteiger partial charge in [0.1, 0.15) is 0 Å². The molecule has 6 aliphatic rings. The van der Waals surface area contributed by atoms with E-state index < -0.39 is 5.41 Å². The van der Waals surface area contributed by atoms with Gasteiger partial charge in [0.25, 0.3) is 0 Å². The number of rotatable bonds is 10. The number of amides is 2. The van der Waals surface area contributed by atoms with Crippen LogP contribution < -0.4 is 5.32 Å². The van der Waals surface area contributed by atoms with E-state index in [0.717, 1.165) is 110 Å². The molecule has 0 spiro atoms. The summed E-state index contributed by atoms with van der Waals surface area (Å²) in [6.45, 7) is 6.01. The van der Waals surface area contributed by atoms with Crippen molar-refractivity contribution in [2.75, 3.05) is 52.5 Å². The molecule has 2 heterocycles. The quantitative estimate of drug-likeness (QED) is 0.252. The second kappa shape index (κ2) is 16.1. The Labute approximate surface area is 286 Å². The fourth-order valence-corrected chi connectivity index (χ4v) is 11.3. The summed E-state index contributed by atoms with van der Waals surface area (Å²) in [4.78, 5) is 35.0. The monoisotopic (exact) mass is 737 g/mol. The lowest BCUT2D eigenvalue weighted by Crippen LogP contribution is -2.70. The molecule has 4 atom stereocenters. The summed E-state index contributed by atoms with van der Waals surface area (Å²) in [7, 11) is 0. The number of nitrogens with one attached hydrogen (secondary N) is 1. The Balaban J connectivity index is 1.40. The molecule has 0 aromatic rings. The number of piperidine rings is 1. The van der Waals surface area contributed by atoms with Crippen molar-refractivity contribution in [3.63, 3.8) is 0 Å². The van der Waals surface area contributed by atoms with E-state index in [0.29, 0.717) is 30.2 Å². The lowest BCUT2D eigenvalue weighted by molar-refractivity contribution is -0.178. The van der Waals surface area contributed by atoms with Crippen molar-refractivity contribution >= 4 is 34.4 Å². The number of hydrogen-bond acceptors (Lipinski definition) is 5. The number of aliphatic hydroxyl groups is 1. The molecule has 8 heteroatoms. The summed E-state index contributed by atoms with van der Waals surface area (Å²) in [6.07, 6.45) is 20.0. The molecule has 5 fully saturated rings. The zero-order valence-corrected chi connectivity index (χ0v) is 30.0. The van der Waals surface area contributed by atoms with Crippen molar-refractivity contribution in [3.05, 3.63) is 9.15 Å². The summed E-state index contributed by atoms with van der Waals surface area (Å²) >= 11 is 2.59. The van der Waals surface area contributed by atoms with E-state index in [2.05, 4.69) is 37.7 Å². The van der Waals surface area contributed by atoms with E-state index in [-0.39, 0.29) is 30.4 Å². The highest BCUT2D eigenvalue weighted by Gasteiger charge is 2.63. The maximum absolute atomic E-state index is 15.4. The topological polar surface area (TPSA) is 82.1 Å². The van der Waals surface area contributed by atoms with Crippen molar-refractivity contribution in [2.24, 2.45) is 35.0 Å². The van der Waals surface area contributed by atoms with Crippen LogP contribution in [0.4, 0.5) is 0 Å².